The van der Waals surface area contributed by atoms with E-state index in [9.17, 15) is 4.79 Å². The normalized spacial score (nSPS) is 25.0. The highest BCUT2D eigenvalue weighted by molar-refractivity contribution is 5.95. The Balaban J connectivity index is 2.13. The van der Waals surface area contributed by atoms with Gasteiger partial charge in [0, 0.05) is 11.7 Å². The quantitative estimate of drug-likeness (QED) is 0.844. The van der Waals surface area contributed by atoms with Crippen LogP contribution < -0.4 is 5.32 Å². The van der Waals surface area contributed by atoms with E-state index < -0.39 is 0 Å². The molecular formula is C17H25NO2. The summed E-state index contributed by atoms with van der Waals surface area (Å²) in [6, 6.07) is 8.01. The Bertz CT molecular complexity index is 482. The molecule has 1 aromatic carbocycles. The van der Waals surface area contributed by atoms with E-state index in [0.717, 1.165) is 12.1 Å². The fraction of sp³-hybridized carbons (Fsp3) is 0.588. The molecule has 3 heteroatoms. The number of para-hydroxylation sites is 1. The Hall–Kier alpha value is -1.51. The topological polar surface area (TPSA) is 38.3 Å². The second kappa shape index (κ2) is 5.86. The van der Waals surface area contributed by atoms with Crippen LogP contribution >= 0.6 is 0 Å². The van der Waals surface area contributed by atoms with E-state index in [1.807, 2.05) is 24.3 Å². The molecule has 3 nitrogen and oxygen atoms in total. The van der Waals surface area contributed by atoms with E-state index in [4.69, 9.17) is 4.74 Å². The van der Waals surface area contributed by atoms with Gasteiger partial charge >= 0.3 is 5.97 Å². The highest BCUT2D eigenvalue weighted by atomic mass is 16.5. The van der Waals surface area contributed by atoms with Crippen molar-refractivity contribution in [1.29, 1.82) is 0 Å². The van der Waals surface area contributed by atoms with Crippen molar-refractivity contribution in [3.63, 3.8) is 0 Å². The van der Waals surface area contributed by atoms with Gasteiger partial charge in [-0.25, -0.2) is 4.79 Å². The van der Waals surface area contributed by atoms with Crippen molar-refractivity contribution in [2.75, 3.05) is 12.4 Å². The van der Waals surface area contributed by atoms with Gasteiger partial charge in [-0.05, 0) is 42.7 Å². The van der Waals surface area contributed by atoms with Gasteiger partial charge in [-0.15, -0.1) is 0 Å². The smallest absolute Gasteiger partial charge is 0.339 e. The van der Waals surface area contributed by atoms with Crippen LogP contribution in [0.5, 0.6) is 0 Å². The molecule has 0 heterocycles. The first kappa shape index (κ1) is 14.9. The number of nitrogens with one attached hydrogen (secondary N) is 1. The predicted octanol–water partition coefficient (Wildman–Crippen LogP) is 4.10. The molecule has 0 radical (unpaired) electrons. The molecule has 2 unspecified atom stereocenters. The maximum Gasteiger partial charge on any atom is 0.339 e. The fourth-order valence-electron chi connectivity index (χ4n) is 3.26. The minimum Gasteiger partial charge on any atom is -0.465 e. The lowest BCUT2D eigenvalue weighted by molar-refractivity contribution is 0.0601. The number of carbonyl (C=O) groups is 1. The number of carbonyl (C=O) groups excluding carboxylic acids is 1. The number of benzene rings is 1. The number of hydrogen-bond donors (Lipinski definition) is 1. The van der Waals surface area contributed by atoms with Crippen LogP contribution in [0.2, 0.25) is 0 Å². The number of hydrogen-bond acceptors (Lipinski definition) is 3. The van der Waals surface area contributed by atoms with E-state index in [1.165, 1.54) is 20.0 Å². The summed E-state index contributed by atoms with van der Waals surface area (Å²) in [4.78, 5) is 11.8. The molecule has 0 aromatic heterocycles. The van der Waals surface area contributed by atoms with E-state index in [-0.39, 0.29) is 5.97 Å². The second-order valence-electron chi connectivity index (χ2n) is 6.67. The summed E-state index contributed by atoms with van der Waals surface area (Å²) >= 11 is 0. The molecule has 0 aliphatic heterocycles. The fourth-order valence-corrected chi connectivity index (χ4v) is 3.26. The summed E-state index contributed by atoms with van der Waals surface area (Å²) in [5.41, 5.74) is 1.93. The zero-order valence-electron chi connectivity index (χ0n) is 12.9. The van der Waals surface area contributed by atoms with Gasteiger partial charge < -0.3 is 10.1 Å². The first-order chi connectivity index (χ1) is 9.43. The minimum atomic E-state index is -0.281. The Morgan fingerprint density at radius 2 is 2.05 bits per heavy atom. The number of rotatable bonds is 3. The molecule has 1 aromatic rings. The zero-order chi connectivity index (χ0) is 14.8. The lowest BCUT2D eigenvalue weighted by Gasteiger charge is -2.40. The standard InChI is InChI=1S/C17H25NO2/c1-12-11-17(2,3)10-9-14(12)18-15-8-6-5-7-13(15)16(19)20-4/h5-8,12,14,18H,9-11H2,1-4H3. The summed E-state index contributed by atoms with van der Waals surface area (Å²) in [7, 11) is 1.42. The summed E-state index contributed by atoms with van der Waals surface area (Å²) in [6.45, 7) is 6.96. The summed E-state index contributed by atoms with van der Waals surface area (Å²) in [6.07, 6.45) is 3.57. The SMILES string of the molecule is COC(=O)c1ccccc1NC1CCC(C)(C)CC1C. The van der Waals surface area contributed by atoms with E-state index >= 15 is 0 Å². The molecule has 0 amide bonds. The molecule has 0 spiro atoms. The first-order valence-electron chi connectivity index (χ1n) is 7.37. The third-order valence-corrected chi connectivity index (χ3v) is 4.37. The van der Waals surface area contributed by atoms with Crippen LogP contribution in [0.4, 0.5) is 5.69 Å². The minimum absolute atomic E-state index is 0.281. The highest BCUT2D eigenvalue weighted by Crippen LogP contribution is 2.39. The molecule has 1 aliphatic rings. The molecule has 0 bridgehead atoms. The van der Waals surface area contributed by atoms with E-state index in [0.29, 0.717) is 22.9 Å². The molecule has 1 saturated carbocycles. The van der Waals surface area contributed by atoms with Gasteiger partial charge in [0.15, 0.2) is 0 Å². The number of methoxy groups -OCH3 is 1. The van der Waals surface area contributed by atoms with Gasteiger partial charge in [-0.2, -0.15) is 0 Å². The third kappa shape index (κ3) is 3.33. The van der Waals surface area contributed by atoms with Crippen LogP contribution in [0.3, 0.4) is 0 Å². The Labute approximate surface area is 121 Å². The number of esters is 1. The van der Waals surface area contributed by atoms with Crippen molar-refractivity contribution < 1.29 is 9.53 Å². The monoisotopic (exact) mass is 275 g/mol. The molecular weight excluding hydrogens is 250 g/mol. The third-order valence-electron chi connectivity index (χ3n) is 4.37. The van der Waals surface area contributed by atoms with Crippen LogP contribution in [0, 0.1) is 11.3 Å². The predicted molar refractivity (Wildman–Crippen MR) is 82.0 cm³/mol. The van der Waals surface area contributed by atoms with Crippen molar-refractivity contribution in [3.8, 4) is 0 Å². The van der Waals surface area contributed by atoms with Crippen LogP contribution in [-0.2, 0) is 4.74 Å². The average Bonchev–Trinajstić information content (AvgIpc) is 2.41. The Kier molecular flexibility index (Phi) is 4.36. The van der Waals surface area contributed by atoms with Crippen molar-refractivity contribution in [2.45, 2.75) is 46.1 Å². The molecule has 20 heavy (non-hydrogen) atoms. The van der Waals surface area contributed by atoms with E-state index in [1.54, 1.807) is 0 Å². The maximum absolute atomic E-state index is 11.8. The molecule has 0 saturated heterocycles. The summed E-state index contributed by atoms with van der Waals surface area (Å²) in [5.74, 6) is 0.321. The lowest BCUT2D eigenvalue weighted by atomic mass is 9.70. The maximum atomic E-state index is 11.8. The lowest BCUT2D eigenvalue weighted by Crippen LogP contribution is -2.37. The van der Waals surface area contributed by atoms with Crippen LogP contribution in [0.25, 0.3) is 0 Å². The van der Waals surface area contributed by atoms with Crippen LogP contribution in [-0.4, -0.2) is 19.1 Å². The first-order valence-corrected chi connectivity index (χ1v) is 7.37. The average molecular weight is 275 g/mol. The van der Waals surface area contributed by atoms with E-state index in [2.05, 4.69) is 26.1 Å². The molecule has 2 rings (SSSR count). The van der Waals surface area contributed by atoms with Gasteiger partial charge in [0.05, 0.1) is 12.7 Å². The largest absolute Gasteiger partial charge is 0.465 e. The van der Waals surface area contributed by atoms with Crippen molar-refractivity contribution >= 4 is 11.7 Å². The Morgan fingerprint density at radius 1 is 1.35 bits per heavy atom. The van der Waals surface area contributed by atoms with Crippen molar-refractivity contribution in [1.82, 2.24) is 0 Å². The zero-order valence-corrected chi connectivity index (χ0v) is 12.9. The van der Waals surface area contributed by atoms with Gasteiger partial charge in [0.2, 0.25) is 0 Å². The summed E-state index contributed by atoms with van der Waals surface area (Å²) in [5, 5.41) is 3.55. The summed E-state index contributed by atoms with van der Waals surface area (Å²) < 4.78 is 4.85. The van der Waals surface area contributed by atoms with Gasteiger partial charge in [-0.3, -0.25) is 0 Å². The molecule has 1 aliphatic carbocycles. The molecule has 2 atom stereocenters. The molecule has 1 fully saturated rings. The second-order valence-corrected chi connectivity index (χ2v) is 6.67. The van der Waals surface area contributed by atoms with Gasteiger partial charge in [0.1, 0.15) is 0 Å². The number of anilines is 1. The number of ether oxygens (including phenoxy) is 1. The van der Waals surface area contributed by atoms with Crippen LogP contribution in [0.1, 0.15) is 50.4 Å². The molecule has 1 N–H and O–H groups in total. The van der Waals surface area contributed by atoms with Gasteiger partial charge in [-0.1, -0.05) is 32.9 Å². The van der Waals surface area contributed by atoms with Crippen molar-refractivity contribution in [2.24, 2.45) is 11.3 Å². The van der Waals surface area contributed by atoms with Crippen molar-refractivity contribution in [3.05, 3.63) is 29.8 Å². The molecule has 110 valence electrons. The van der Waals surface area contributed by atoms with Gasteiger partial charge in [0.25, 0.3) is 0 Å². The highest BCUT2D eigenvalue weighted by Gasteiger charge is 2.32. The Morgan fingerprint density at radius 3 is 2.70 bits per heavy atom. The van der Waals surface area contributed by atoms with Crippen LogP contribution in [0.15, 0.2) is 24.3 Å².